The van der Waals surface area contributed by atoms with Gasteiger partial charge in [-0.15, -0.1) is 0 Å². The number of carbonyl (C=O) groups is 2. The first-order valence-corrected chi connectivity index (χ1v) is 9.43. The average molecular weight is 398 g/mol. The molecule has 1 rings (SSSR count). The Bertz CT molecular complexity index is 660. The molecular weight excluding hydrogens is 370 g/mol. The van der Waals surface area contributed by atoms with Crippen molar-refractivity contribution in [1.29, 1.82) is 0 Å². The van der Waals surface area contributed by atoms with E-state index >= 15 is 0 Å². The Kier molecular flexibility index (Phi) is 11.0. The van der Waals surface area contributed by atoms with Crippen LogP contribution in [0.2, 0.25) is 0 Å². The lowest BCUT2D eigenvalue weighted by atomic mass is 9.93. The standard InChI is InChI=1S/C21H28F2O5/c1-15(24)16(8-4-2-3-5-13-20(26)27)9-6-10-17(25)14-28-19-12-7-11-18(22)21(19)23/h2,4,7,11-12,16-17,25H,3,5-6,8-10,13-14H2,1H3,(H,26,27). The van der Waals surface area contributed by atoms with Crippen molar-refractivity contribution in [2.45, 2.75) is 58.0 Å². The van der Waals surface area contributed by atoms with E-state index < -0.39 is 23.7 Å². The van der Waals surface area contributed by atoms with E-state index in [1.807, 2.05) is 12.2 Å². The molecule has 0 aliphatic carbocycles. The fourth-order valence-corrected chi connectivity index (χ4v) is 2.70. The number of rotatable bonds is 14. The van der Waals surface area contributed by atoms with Crippen molar-refractivity contribution < 1.29 is 33.3 Å². The molecular formula is C21H28F2O5. The van der Waals surface area contributed by atoms with Crippen molar-refractivity contribution in [3.8, 4) is 5.75 Å². The summed E-state index contributed by atoms with van der Waals surface area (Å²) in [5.41, 5.74) is 0. The summed E-state index contributed by atoms with van der Waals surface area (Å²) in [6, 6.07) is 3.60. The van der Waals surface area contributed by atoms with Crippen molar-refractivity contribution in [3.05, 3.63) is 42.0 Å². The molecule has 0 aromatic heterocycles. The molecule has 0 saturated carbocycles. The summed E-state index contributed by atoms with van der Waals surface area (Å²) in [5.74, 6) is -3.26. The second kappa shape index (κ2) is 13.0. The fourth-order valence-electron chi connectivity index (χ4n) is 2.70. The first kappa shape index (κ1) is 23.8. The highest BCUT2D eigenvalue weighted by molar-refractivity contribution is 5.78. The molecule has 2 unspecified atom stereocenters. The molecule has 156 valence electrons. The highest BCUT2D eigenvalue weighted by atomic mass is 19.2. The van der Waals surface area contributed by atoms with E-state index in [0.29, 0.717) is 38.5 Å². The SMILES string of the molecule is CC(=O)C(CC=CCCCC(=O)O)CCCC(O)COc1cccc(F)c1F. The zero-order chi connectivity index (χ0) is 20.9. The molecule has 0 spiro atoms. The number of Topliss-reactive ketones (excluding diaryl/α,β-unsaturated/α-hetero) is 1. The monoisotopic (exact) mass is 398 g/mol. The van der Waals surface area contributed by atoms with Gasteiger partial charge in [-0.25, -0.2) is 4.39 Å². The predicted molar refractivity (Wildman–Crippen MR) is 101 cm³/mol. The van der Waals surface area contributed by atoms with Gasteiger partial charge in [0.15, 0.2) is 11.6 Å². The molecule has 0 saturated heterocycles. The average Bonchev–Trinajstić information content (AvgIpc) is 2.63. The van der Waals surface area contributed by atoms with Crippen LogP contribution in [0.4, 0.5) is 8.78 Å². The summed E-state index contributed by atoms with van der Waals surface area (Å²) in [6.07, 6.45) is 6.41. The molecule has 2 atom stereocenters. The Morgan fingerprint density at radius 1 is 1.18 bits per heavy atom. The van der Waals surface area contributed by atoms with Gasteiger partial charge in [0, 0.05) is 12.3 Å². The lowest BCUT2D eigenvalue weighted by Gasteiger charge is -2.15. The molecule has 0 aliphatic heterocycles. The van der Waals surface area contributed by atoms with E-state index in [1.165, 1.54) is 19.1 Å². The molecule has 0 radical (unpaired) electrons. The van der Waals surface area contributed by atoms with Crippen molar-refractivity contribution >= 4 is 11.8 Å². The fraction of sp³-hybridized carbons (Fsp3) is 0.524. The van der Waals surface area contributed by atoms with Crippen LogP contribution in [0, 0.1) is 17.6 Å². The van der Waals surface area contributed by atoms with Gasteiger partial charge in [0.2, 0.25) is 5.82 Å². The Labute approximate surface area is 164 Å². The number of hydrogen-bond donors (Lipinski definition) is 2. The number of ether oxygens (including phenoxy) is 1. The van der Waals surface area contributed by atoms with Crippen molar-refractivity contribution in [2.24, 2.45) is 5.92 Å². The van der Waals surface area contributed by atoms with E-state index in [0.717, 1.165) is 6.07 Å². The summed E-state index contributed by atoms with van der Waals surface area (Å²) < 4.78 is 31.7. The highest BCUT2D eigenvalue weighted by Gasteiger charge is 2.15. The molecule has 0 amide bonds. The van der Waals surface area contributed by atoms with Crippen LogP contribution in [0.1, 0.15) is 51.9 Å². The smallest absolute Gasteiger partial charge is 0.303 e. The lowest BCUT2D eigenvalue weighted by Crippen LogP contribution is -2.19. The van der Waals surface area contributed by atoms with Crippen molar-refractivity contribution in [3.63, 3.8) is 0 Å². The first-order chi connectivity index (χ1) is 13.3. The number of carboxylic acid groups (broad SMARTS) is 1. The van der Waals surface area contributed by atoms with E-state index in [4.69, 9.17) is 9.84 Å². The molecule has 0 bridgehead atoms. The molecule has 0 aliphatic rings. The topological polar surface area (TPSA) is 83.8 Å². The van der Waals surface area contributed by atoms with Crippen LogP contribution in [0.5, 0.6) is 5.75 Å². The van der Waals surface area contributed by atoms with Crippen LogP contribution in [0.3, 0.4) is 0 Å². The van der Waals surface area contributed by atoms with E-state index in [1.54, 1.807) is 0 Å². The van der Waals surface area contributed by atoms with Crippen molar-refractivity contribution in [2.75, 3.05) is 6.61 Å². The molecule has 1 aromatic carbocycles. The summed E-state index contributed by atoms with van der Waals surface area (Å²) in [5, 5.41) is 18.5. The van der Waals surface area contributed by atoms with Gasteiger partial charge in [-0.2, -0.15) is 4.39 Å². The second-order valence-electron chi connectivity index (χ2n) is 6.75. The number of allylic oxidation sites excluding steroid dienone is 2. The van der Waals surface area contributed by atoms with Gasteiger partial charge in [-0.1, -0.05) is 24.6 Å². The molecule has 0 fully saturated rings. The number of aliphatic hydroxyl groups is 1. The van der Waals surface area contributed by atoms with Gasteiger partial charge in [0.25, 0.3) is 0 Å². The highest BCUT2D eigenvalue weighted by Crippen LogP contribution is 2.20. The Hall–Kier alpha value is -2.28. The maximum absolute atomic E-state index is 13.5. The summed E-state index contributed by atoms with van der Waals surface area (Å²) >= 11 is 0. The Morgan fingerprint density at radius 3 is 2.61 bits per heavy atom. The molecule has 2 N–H and O–H groups in total. The number of ketones is 1. The molecule has 0 heterocycles. The summed E-state index contributed by atoms with van der Waals surface area (Å²) in [4.78, 5) is 22.2. The van der Waals surface area contributed by atoms with E-state index in [-0.39, 0.29) is 30.5 Å². The van der Waals surface area contributed by atoms with E-state index in [2.05, 4.69) is 0 Å². The summed E-state index contributed by atoms with van der Waals surface area (Å²) in [6.45, 7) is 1.36. The third kappa shape index (κ3) is 9.60. The van der Waals surface area contributed by atoms with Gasteiger partial charge >= 0.3 is 5.97 Å². The molecule has 5 nitrogen and oxygen atoms in total. The van der Waals surface area contributed by atoms with Gasteiger partial charge in [0.1, 0.15) is 12.4 Å². The van der Waals surface area contributed by atoms with E-state index in [9.17, 15) is 23.5 Å². The second-order valence-corrected chi connectivity index (χ2v) is 6.75. The molecule has 7 heteroatoms. The minimum atomic E-state index is -1.08. The quantitative estimate of drug-likeness (QED) is 0.361. The van der Waals surface area contributed by atoms with Crippen LogP contribution in [0.25, 0.3) is 0 Å². The van der Waals surface area contributed by atoms with Crippen LogP contribution in [0.15, 0.2) is 30.4 Å². The van der Waals surface area contributed by atoms with Gasteiger partial charge < -0.3 is 14.9 Å². The number of halogens is 2. The zero-order valence-corrected chi connectivity index (χ0v) is 16.1. The molecule has 28 heavy (non-hydrogen) atoms. The Morgan fingerprint density at radius 2 is 1.93 bits per heavy atom. The first-order valence-electron chi connectivity index (χ1n) is 9.43. The number of aliphatic hydroxyl groups excluding tert-OH is 1. The van der Waals surface area contributed by atoms with Gasteiger partial charge in [-0.3, -0.25) is 9.59 Å². The lowest BCUT2D eigenvalue weighted by molar-refractivity contribution is -0.137. The van der Waals surface area contributed by atoms with Crippen molar-refractivity contribution in [1.82, 2.24) is 0 Å². The largest absolute Gasteiger partial charge is 0.488 e. The number of aliphatic carboxylic acids is 1. The molecule has 1 aromatic rings. The van der Waals surface area contributed by atoms with Crippen LogP contribution < -0.4 is 4.74 Å². The zero-order valence-electron chi connectivity index (χ0n) is 16.1. The van der Waals surface area contributed by atoms with Crippen LogP contribution >= 0.6 is 0 Å². The maximum atomic E-state index is 13.5. The van der Waals surface area contributed by atoms with Gasteiger partial charge in [0.05, 0.1) is 6.10 Å². The number of unbranched alkanes of at least 4 members (excludes halogenated alkanes) is 1. The Balaban J connectivity index is 2.29. The number of benzene rings is 1. The third-order valence-corrected chi connectivity index (χ3v) is 4.36. The number of carboxylic acids is 1. The minimum Gasteiger partial charge on any atom is -0.488 e. The predicted octanol–water partition coefficient (Wildman–Crippen LogP) is 4.28. The number of hydrogen-bond acceptors (Lipinski definition) is 4. The van der Waals surface area contributed by atoms with Crippen LogP contribution in [-0.2, 0) is 9.59 Å². The minimum absolute atomic E-state index is 0.0581. The summed E-state index contributed by atoms with van der Waals surface area (Å²) in [7, 11) is 0. The maximum Gasteiger partial charge on any atom is 0.303 e. The third-order valence-electron chi connectivity index (χ3n) is 4.36. The number of carbonyl (C=O) groups excluding carboxylic acids is 1. The van der Waals surface area contributed by atoms with Crippen LogP contribution in [-0.4, -0.2) is 34.7 Å². The van der Waals surface area contributed by atoms with Gasteiger partial charge in [-0.05, 0) is 51.2 Å². The normalized spacial score (nSPS) is 13.4.